The fourth-order valence-electron chi connectivity index (χ4n) is 3.72. The highest BCUT2D eigenvalue weighted by Gasteiger charge is 2.31. The summed E-state index contributed by atoms with van der Waals surface area (Å²) in [6.45, 7) is 5.77. The predicted molar refractivity (Wildman–Crippen MR) is 87.1 cm³/mol. The van der Waals surface area contributed by atoms with Crippen molar-refractivity contribution in [1.82, 2.24) is 9.80 Å². The summed E-state index contributed by atoms with van der Waals surface area (Å²) in [7, 11) is 1.73. The van der Waals surface area contributed by atoms with Gasteiger partial charge in [0.25, 0.3) is 0 Å². The lowest BCUT2D eigenvalue weighted by Gasteiger charge is -2.38. The third-order valence-electron chi connectivity index (χ3n) is 4.97. The molecular formula is C18H26N2O2. The van der Waals surface area contributed by atoms with Crippen molar-refractivity contribution in [2.24, 2.45) is 0 Å². The van der Waals surface area contributed by atoms with E-state index >= 15 is 0 Å². The molecule has 120 valence electrons. The van der Waals surface area contributed by atoms with E-state index in [4.69, 9.17) is 4.74 Å². The van der Waals surface area contributed by atoms with Gasteiger partial charge in [-0.3, -0.25) is 9.69 Å². The third kappa shape index (κ3) is 2.98. The Hall–Kier alpha value is -1.55. The highest BCUT2D eigenvalue weighted by molar-refractivity contribution is 5.76. The van der Waals surface area contributed by atoms with E-state index in [-0.39, 0.29) is 0 Å². The predicted octanol–water partition coefficient (Wildman–Crippen LogP) is 2.63. The molecule has 3 rings (SSSR count). The van der Waals surface area contributed by atoms with Crippen molar-refractivity contribution in [3.63, 3.8) is 0 Å². The van der Waals surface area contributed by atoms with Crippen LogP contribution in [0.15, 0.2) is 18.2 Å². The Bertz CT molecular complexity index is 536. The highest BCUT2D eigenvalue weighted by Crippen LogP contribution is 2.38. The summed E-state index contributed by atoms with van der Waals surface area (Å²) < 4.78 is 5.38. The lowest BCUT2D eigenvalue weighted by Crippen LogP contribution is -2.49. The first-order chi connectivity index (χ1) is 10.7. The van der Waals surface area contributed by atoms with Crippen molar-refractivity contribution >= 4 is 5.91 Å². The summed E-state index contributed by atoms with van der Waals surface area (Å²) >= 11 is 0. The van der Waals surface area contributed by atoms with E-state index < -0.39 is 0 Å². The second-order valence-electron chi connectivity index (χ2n) is 6.29. The number of benzene rings is 1. The summed E-state index contributed by atoms with van der Waals surface area (Å²) in [5.41, 5.74) is 2.88. The second-order valence-corrected chi connectivity index (χ2v) is 6.29. The average Bonchev–Trinajstić information content (AvgIpc) is 2.98. The molecule has 1 fully saturated rings. The summed E-state index contributed by atoms with van der Waals surface area (Å²) in [6.07, 6.45) is 3.96. The minimum Gasteiger partial charge on any atom is -0.497 e. The maximum atomic E-state index is 12.0. The smallest absolute Gasteiger partial charge is 0.222 e. The van der Waals surface area contributed by atoms with E-state index in [2.05, 4.69) is 30.0 Å². The van der Waals surface area contributed by atoms with Gasteiger partial charge < -0.3 is 9.64 Å². The van der Waals surface area contributed by atoms with E-state index in [0.717, 1.165) is 44.8 Å². The average molecular weight is 302 g/mol. The molecule has 2 aliphatic rings. The summed E-state index contributed by atoms with van der Waals surface area (Å²) in [5.74, 6) is 1.26. The molecule has 0 spiro atoms. The number of carbonyl (C=O) groups is 1. The van der Waals surface area contributed by atoms with Gasteiger partial charge in [0.05, 0.1) is 7.11 Å². The van der Waals surface area contributed by atoms with Crippen LogP contribution < -0.4 is 4.74 Å². The largest absolute Gasteiger partial charge is 0.497 e. The molecule has 1 aliphatic heterocycles. The number of aryl methyl sites for hydroxylation is 1. The molecule has 1 amide bonds. The SMILES string of the molecule is CCCC(=O)N1CCN(C2CCc3ccc(OC)cc32)CC1. The fraction of sp³-hybridized carbons (Fsp3) is 0.611. The van der Waals surface area contributed by atoms with Crippen LogP contribution >= 0.6 is 0 Å². The fourth-order valence-corrected chi connectivity index (χ4v) is 3.72. The summed E-state index contributed by atoms with van der Waals surface area (Å²) in [5, 5.41) is 0. The first kappa shape index (κ1) is 15.3. The number of piperazine rings is 1. The summed E-state index contributed by atoms with van der Waals surface area (Å²) in [6, 6.07) is 6.95. The van der Waals surface area contributed by atoms with Crippen LogP contribution in [-0.2, 0) is 11.2 Å². The van der Waals surface area contributed by atoms with Gasteiger partial charge in [-0.1, -0.05) is 13.0 Å². The quantitative estimate of drug-likeness (QED) is 0.857. The Morgan fingerprint density at radius 2 is 2.05 bits per heavy atom. The van der Waals surface area contributed by atoms with Gasteiger partial charge in [0.1, 0.15) is 5.75 Å². The van der Waals surface area contributed by atoms with Crippen LogP contribution in [0.5, 0.6) is 5.75 Å². The van der Waals surface area contributed by atoms with Crippen LogP contribution in [0.3, 0.4) is 0 Å². The molecule has 1 unspecified atom stereocenters. The molecule has 0 radical (unpaired) electrons. The normalized spacial score (nSPS) is 21.7. The van der Waals surface area contributed by atoms with Gasteiger partial charge in [-0.2, -0.15) is 0 Å². The topological polar surface area (TPSA) is 32.8 Å². The lowest BCUT2D eigenvalue weighted by molar-refractivity contribution is -0.133. The molecule has 1 aromatic rings. The molecule has 0 bridgehead atoms. The van der Waals surface area contributed by atoms with Crippen molar-refractivity contribution in [2.75, 3.05) is 33.3 Å². The Kier molecular flexibility index (Phi) is 4.67. The van der Waals surface area contributed by atoms with E-state index in [9.17, 15) is 4.79 Å². The molecule has 1 atom stereocenters. The first-order valence-corrected chi connectivity index (χ1v) is 8.41. The van der Waals surface area contributed by atoms with E-state index in [1.54, 1.807) is 7.11 Å². The molecule has 1 saturated heterocycles. The maximum absolute atomic E-state index is 12.0. The zero-order chi connectivity index (χ0) is 15.5. The number of rotatable bonds is 4. The van der Waals surface area contributed by atoms with E-state index in [1.165, 1.54) is 17.5 Å². The van der Waals surface area contributed by atoms with Crippen LogP contribution in [0, 0.1) is 0 Å². The number of carbonyl (C=O) groups excluding carboxylic acids is 1. The number of hydrogen-bond acceptors (Lipinski definition) is 3. The lowest BCUT2D eigenvalue weighted by atomic mass is 10.1. The number of nitrogens with zero attached hydrogens (tertiary/aromatic N) is 2. The van der Waals surface area contributed by atoms with Gasteiger partial charge >= 0.3 is 0 Å². The van der Waals surface area contributed by atoms with Crippen LogP contribution in [0.2, 0.25) is 0 Å². The van der Waals surface area contributed by atoms with Gasteiger partial charge in [0.2, 0.25) is 5.91 Å². The molecule has 0 saturated carbocycles. The number of fused-ring (bicyclic) bond motifs is 1. The molecule has 4 nitrogen and oxygen atoms in total. The van der Waals surface area contributed by atoms with E-state index in [0.29, 0.717) is 18.4 Å². The number of methoxy groups -OCH3 is 1. The molecule has 0 aromatic heterocycles. The Balaban J connectivity index is 1.65. The van der Waals surface area contributed by atoms with Gasteiger partial charge in [-0.05, 0) is 42.5 Å². The summed E-state index contributed by atoms with van der Waals surface area (Å²) in [4.78, 5) is 16.6. The van der Waals surface area contributed by atoms with Gasteiger partial charge in [0, 0.05) is 38.6 Å². The van der Waals surface area contributed by atoms with Crippen molar-refractivity contribution in [3.8, 4) is 5.75 Å². The van der Waals surface area contributed by atoms with Gasteiger partial charge in [-0.25, -0.2) is 0 Å². The maximum Gasteiger partial charge on any atom is 0.222 e. The molecule has 1 aromatic carbocycles. The molecular weight excluding hydrogens is 276 g/mol. The number of hydrogen-bond donors (Lipinski definition) is 0. The van der Waals surface area contributed by atoms with Crippen molar-refractivity contribution in [2.45, 2.75) is 38.6 Å². The minimum absolute atomic E-state index is 0.315. The third-order valence-corrected chi connectivity index (χ3v) is 4.97. The van der Waals surface area contributed by atoms with Crippen molar-refractivity contribution in [1.29, 1.82) is 0 Å². The monoisotopic (exact) mass is 302 g/mol. The first-order valence-electron chi connectivity index (χ1n) is 8.41. The van der Waals surface area contributed by atoms with Crippen LogP contribution in [-0.4, -0.2) is 49.0 Å². The second kappa shape index (κ2) is 6.69. The number of ether oxygens (including phenoxy) is 1. The zero-order valence-corrected chi connectivity index (χ0v) is 13.7. The molecule has 4 heteroatoms. The number of amides is 1. The van der Waals surface area contributed by atoms with E-state index in [1.807, 2.05) is 4.90 Å². The molecule has 1 aliphatic carbocycles. The standard InChI is InChI=1S/C18H26N2O2/c1-3-4-18(21)20-11-9-19(10-12-20)17-8-6-14-5-7-15(22-2)13-16(14)17/h5,7,13,17H,3-4,6,8-12H2,1-2H3. The van der Waals surface area contributed by atoms with Crippen molar-refractivity contribution in [3.05, 3.63) is 29.3 Å². The van der Waals surface area contributed by atoms with Crippen LogP contribution in [0.4, 0.5) is 0 Å². The zero-order valence-electron chi connectivity index (χ0n) is 13.7. The minimum atomic E-state index is 0.315. The molecule has 0 N–H and O–H groups in total. The van der Waals surface area contributed by atoms with Crippen LogP contribution in [0.25, 0.3) is 0 Å². The highest BCUT2D eigenvalue weighted by atomic mass is 16.5. The van der Waals surface area contributed by atoms with Crippen molar-refractivity contribution < 1.29 is 9.53 Å². The Morgan fingerprint density at radius 3 is 2.73 bits per heavy atom. The van der Waals surface area contributed by atoms with Gasteiger partial charge in [0.15, 0.2) is 0 Å². The molecule has 22 heavy (non-hydrogen) atoms. The van der Waals surface area contributed by atoms with Gasteiger partial charge in [-0.15, -0.1) is 0 Å². The Morgan fingerprint density at radius 1 is 1.27 bits per heavy atom. The Labute approximate surface area is 133 Å². The molecule has 1 heterocycles. The van der Waals surface area contributed by atoms with Crippen LogP contribution in [0.1, 0.15) is 43.4 Å².